The number of nitrogens with one attached hydrogen (secondary N) is 1. The Labute approximate surface area is 207 Å². The zero-order chi connectivity index (χ0) is 30.5. The van der Waals surface area contributed by atoms with Gasteiger partial charge in [0.1, 0.15) is 28.9 Å². The fourth-order valence-electron chi connectivity index (χ4n) is 3.30. The Morgan fingerprint density at radius 1 is 1.23 bits per heavy atom. The molecule has 0 unspecified atom stereocenters. The van der Waals surface area contributed by atoms with Crippen molar-refractivity contribution in [2.24, 2.45) is 0 Å². The van der Waals surface area contributed by atoms with Crippen molar-refractivity contribution in [2.75, 3.05) is 11.1 Å². The van der Waals surface area contributed by atoms with E-state index in [0.717, 1.165) is 30.9 Å². The van der Waals surface area contributed by atoms with E-state index in [1.807, 2.05) is 0 Å². The van der Waals surface area contributed by atoms with Crippen LogP contribution in [0.5, 0.6) is 0 Å². The van der Waals surface area contributed by atoms with E-state index in [4.69, 9.17) is 18.5 Å². The molecule has 12 heteroatoms. The number of fused-ring (bicyclic) bond motifs is 1. The molecule has 184 valence electrons. The summed E-state index contributed by atoms with van der Waals surface area (Å²) in [6.45, 7) is -4.02. The van der Waals surface area contributed by atoms with Crippen LogP contribution >= 0.6 is 0 Å². The lowest BCUT2D eigenvalue weighted by Crippen LogP contribution is -2.36. The summed E-state index contributed by atoms with van der Waals surface area (Å²) in [5.74, 6) is -0.880. The molecule has 9 nitrogen and oxygen atoms in total. The molecule has 4 aromatic rings. The molecule has 0 aliphatic rings. The standard InChI is InChI=1S/C23H24F3N7O2/c1-12(2)33-21-18(20(27)28-11-29-21)19(31-33)14-7-5-13(6-8-14)9-16(34)30-17-10-15(32-35-17)22(3,4)23(24,25)26/h5-8,10-12H,9H2,1-4H3,(H,30,34)(H2,27,28,29)/i1D3,2D3. The number of carbonyl (C=O) groups excluding carboxylic acids is 1. The highest BCUT2D eigenvalue weighted by Gasteiger charge is 2.50. The number of hydrogen-bond donors (Lipinski definition) is 2. The maximum Gasteiger partial charge on any atom is 0.399 e. The number of nitrogens with zero attached hydrogens (tertiary/aromatic N) is 5. The first kappa shape index (κ1) is 17.5. The molecule has 0 radical (unpaired) electrons. The molecular formula is C23H24F3N7O2. The van der Waals surface area contributed by atoms with Gasteiger partial charge >= 0.3 is 6.18 Å². The smallest absolute Gasteiger partial charge is 0.383 e. The summed E-state index contributed by atoms with van der Waals surface area (Å²) in [6.07, 6.45) is -3.69. The first-order valence-corrected chi connectivity index (χ1v) is 10.2. The fourth-order valence-corrected chi connectivity index (χ4v) is 3.30. The normalized spacial score (nSPS) is 15.7. The first-order valence-electron chi connectivity index (χ1n) is 13.2. The topological polar surface area (TPSA) is 125 Å². The van der Waals surface area contributed by atoms with Crippen molar-refractivity contribution in [3.63, 3.8) is 0 Å². The predicted molar refractivity (Wildman–Crippen MR) is 123 cm³/mol. The van der Waals surface area contributed by atoms with Gasteiger partial charge in [0.2, 0.25) is 11.8 Å². The molecule has 0 spiro atoms. The molecule has 1 amide bonds. The quantitative estimate of drug-likeness (QED) is 0.400. The summed E-state index contributed by atoms with van der Waals surface area (Å²) in [5, 5.41) is 10.2. The number of rotatable bonds is 6. The maximum atomic E-state index is 13.2. The molecule has 0 saturated heterocycles. The number of amides is 1. The average molecular weight is 494 g/mol. The van der Waals surface area contributed by atoms with Gasteiger partial charge in [-0.05, 0) is 33.1 Å². The molecule has 35 heavy (non-hydrogen) atoms. The Kier molecular flexibility index (Phi) is 4.33. The van der Waals surface area contributed by atoms with Crippen LogP contribution in [0.25, 0.3) is 22.3 Å². The average Bonchev–Trinajstić information content (AvgIpc) is 3.43. The van der Waals surface area contributed by atoms with Crippen molar-refractivity contribution < 1.29 is 30.7 Å². The van der Waals surface area contributed by atoms with E-state index in [1.54, 1.807) is 24.3 Å². The zero-order valence-electron chi connectivity index (χ0n) is 24.5. The van der Waals surface area contributed by atoms with Crippen LogP contribution in [0, 0.1) is 0 Å². The van der Waals surface area contributed by atoms with Gasteiger partial charge in [-0.3, -0.25) is 10.1 Å². The second kappa shape index (κ2) is 8.67. The van der Waals surface area contributed by atoms with Crippen LogP contribution < -0.4 is 11.1 Å². The van der Waals surface area contributed by atoms with Crippen molar-refractivity contribution in [1.82, 2.24) is 24.9 Å². The summed E-state index contributed by atoms with van der Waals surface area (Å²) in [4.78, 5) is 20.5. The number of nitrogens with two attached hydrogens (primary N) is 1. The van der Waals surface area contributed by atoms with E-state index >= 15 is 0 Å². The maximum absolute atomic E-state index is 13.2. The van der Waals surface area contributed by atoms with Gasteiger partial charge < -0.3 is 10.3 Å². The van der Waals surface area contributed by atoms with Crippen LogP contribution in [0.1, 0.15) is 53.1 Å². The lowest BCUT2D eigenvalue weighted by atomic mass is 9.89. The number of nitrogen functional groups attached to an aromatic ring is 1. The van der Waals surface area contributed by atoms with Crippen molar-refractivity contribution >= 4 is 28.6 Å². The number of alkyl halides is 3. The molecule has 0 bridgehead atoms. The Bertz CT molecular complexity index is 1560. The summed E-state index contributed by atoms with van der Waals surface area (Å²) in [6, 6.07) is 5.22. The number of carbonyl (C=O) groups is 1. The minimum atomic E-state index is -4.58. The van der Waals surface area contributed by atoms with Gasteiger partial charge in [-0.2, -0.15) is 18.3 Å². The van der Waals surface area contributed by atoms with E-state index in [-0.39, 0.29) is 34.9 Å². The van der Waals surface area contributed by atoms with Crippen LogP contribution in [0.2, 0.25) is 0 Å². The zero-order valence-corrected chi connectivity index (χ0v) is 18.5. The largest absolute Gasteiger partial charge is 0.399 e. The summed E-state index contributed by atoms with van der Waals surface area (Å²) in [7, 11) is 0. The fraction of sp³-hybridized carbons (Fsp3) is 0.348. The second-order valence-electron chi connectivity index (χ2n) is 8.27. The highest BCUT2D eigenvalue weighted by Crippen LogP contribution is 2.40. The number of halogens is 3. The van der Waals surface area contributed by atoms with Crippen LogP contribution in [-0.4, -0.2) is 37.0 Å². The minimum Gasteiger partial charge on any atom is -0.383 e. The van der Waals surface area contributed by atoms with E-state index < -0.39 is 42.9 Å². The first-order chi connectivity index (χ1) is 18.8. The van der Waals surface area contributed by atoms with Gasteiger partial charge in [0.05, 0.1) is 11.8 Å². The van der Waals surface area contributed by atoms with Crippen molar-refractivity contribution in [3.05, 3.63) is 47.9 Å². The molecule has 0 atom stereocenters. The second-order valence-corrected chi connectivity index (χ2v) is 8.27. The van der Waals surface area contributed by atoms with Gasteiger partial charge in [0, 0.05) is 25.9 Å². The summed E-state index contributed by atoms with van der Waals surface area (Å²) in [5.41, 5.74) is 4.32. The van der Waals surface area contributed by atoms with E-state index in [1.165, 1.54) is 0 Å². The molecule has 3 heterocycles. The Balaban J connectivity index is 1.59. The summed E-state index contributed by atoms with van der Waals surface area (Å²) < 4.78 is 92.2. The predicted octanol–water partition coefficient (Wildman–Crippen LogP) is 4.67. The highest BCUT2D eigenvalue weighted by molar-refractivity contribution is 5.98. The number of hydrogen-bond acceptors (Lipinski definition) is 7. The SMILES string of the molecule is [2H]C([2H])([2H])C(n1nc(-c2ccc(CC(=O)Nc3cc(C(C)(C)C(F)(F)F)no3)cc2)c2c(N)ncnc21)C([2H])([2H])[2H]. The van der Waals surface area contributed by atoms with Crippen molar-refractivity contribution in [1.29, 1.82) is 0 Å². The molecule has 3 aromatic heterocycles. The monoisotopic (exact) mass is 493 g/mol. The van der Waals surface area contributed by atoms with Crippen molar-refractivity contribution in [2.45, 2.75) is 51.6 Å². The van der Waals surface area contributed by atoms with Crippen molar-refractivity contribution in [3.8, 4) is 11.3 Å². The molecule has 0 aliphatic carbocycles. The molecule has 0 saturated carbocycles. The van der Waals surface area contributed by atoms with Gasteiger partial charge in [0.25, 0.3) is 0 Å². The van der Waals surface area contributed by atoms with Gasteiger partial charge in [-0.15, -0.1) is 0 Å². The van der Waals surface area contributed by atoms with Gasteiger partial charge in [-0.1, -0.05) is 29.4 Å². The molecule has 0 aliphatic heterocycles. The molecule has 0 fully saturated rings. The van der Waals surface area contributed by atoms with Crippen LogP contribution in [0.3, 0.4) is 0 Å². The van der Waals surface area contributed by atoms with Crippen LogP contribution in [-0.2, 0) is 16.6 Å². The third kappa shape index (κ3) is 4.55. The molecule has 3 N–H and O–H groups in total. The van der Waals surface area contributed by atoms with Crippen LogP contribution in [0.4, 0.5) is 24.9 Å². The Morgan fingerprint density at radius 3 is 2.60 bits per heavy atom. The lowest BCUT2D eigenvalue weighted by Gasteiger charge is -2.24. The van der Waals surface area contributed by atoms with Gasteiger partial charge in [0.15, 0.2) is 5.65 Å². The Morgan fingerprint density at radius 2 is 1.94 bits per heavy atom. The highest BCUT2D eigenvalue weighted by atomic mass is 19.4. The molecule has 4 rings (SSSR count). The third-order valence-corrected chi connectivity index (χ3v) is 5.48. The lowest BCUT2D eigenvalue weighted by molar-refractivity contribution is -0.181. The summed E-state index contributed by atoms with van der Waals surface area (Å²) >= 11 is 0. The molecule has 1 aromatic carbocycles. The third-order valence-electron chi connectivity index (χ3n) is 5.48. The Hall–Kier alpha value is -3.96. The van der Waals surface area contributed by atoms with Gasteiger partial charge in [-0.25, -0.2) is 14.6 Å². The van der Waals surface area contributed by atoms with Crippen LogP contribution in [0.15, 0.2) is 41.2 Å². The number of benzene rings is 1. The molecular weight excluding hydrogens is 463 g/mol. The number of anilines is 2. The van der Waals surface area contributed by atoms with E-state index in [0.29, 0.717) is 11.1 Å². The minimum absolute atomic E-state index is 0.0466. The number of aromatic nitrogens is 5. The van der Waals surface area contributed by atoms with E-state index in [9.17, 15) is 18.0 Å². The van der Waals surface area contributed by atoms with E-state index in [2.05, 4.69) is 25.5 Å².